The van der Waals surface area contributed by atoms with E-state index in [0.29, 0.717) is 0 Å². The summed E-state index contributed by atoms with van der Waals surface area (Å²) in [5.74, 6) is 0.963. The van der Waals surface area contributed by atoms with Crippen molar-refractivity contribution < 1.29 is 4.74 Å². The topological polar surface area (TPSA) is 9.23 Å². The van der Waals surface area contributed by atoms with Gasteiger partial charge in [0, 0.05) is 6.42 Å². The predicted octanol–water partition coefficient (Wildman–Crippen LogP) is 3.72. The second kappa shape index (κ2) is 4.85. The highest BCUT2D eigenvalue weighted by molar-refractivity contribution is 5.38. The Bertz CT molecular complexity index is 540. The van der Waals surface area contributed by atoms with Crippen molar-refractivity contribution in [1.82, 2.24) is 0 Å². The summed E-state index contributed by atoms with van der Waals surface area (Å²) in [4.78, 5) is 0. The number of ether oxygens (including phenoxy) is 1. The highest BCUT2D eigenvalue weighted by atomic mass is 16.5. The van der Waals surface area contributed by atoms with E-state index in [1.807, 2.05) is 12.1 Å². The molecule has 0 amide bonds. The highest BCUT2D eigenvalue weighted by Gasteiger charge is 2.12. The standard InChI is InChI=1S/C17H18O/c1-13-2-8-17(9-3-13)18-11-10-14-4-5-15-6-7-16(15)12-14/h2-5,8-9,12H,6-7,10-11H2,1H3. The second-order valence-corrected chi connectivity index (χ2v) is 5.01. The van der Waals surface area contributed by atoms with Gasteiger partial charge in [-0.05, 0) is 48.6 Å². The Morgan fingerprint density at radius 2 is 1.72 bits per heavy atom. The molecule has 1 aliphatic carbocycles. The Balaban J connectivity index is 1.55. The number of hydrogen-bond acceptors (Lipinski definition) is 1. The van der Waals surface area contributed by atoms with Crippen molar-refractivity contribution in [3.8, 4) is 5.75 Å². The zero-order chi connectivity index (χ0) is 12.4. The van der Waals surface area contributed by atoms with Crippen LogP contribution in [0.25, 0.3) is 0 Å². The minimum atomic E-state index is 0.752. The fourth-order valence-electron chi connectivity index (χ4n) is 2.33. The number of hydrogen-bond donors (Lipinski definition) is 0. The van der Waals surface area contributed by atoms with Gasteiger partial charge in [-0.2, -0.15) is 0 Å². The molecule has 2 aromatic carbocycles. The molecule has 0 heterocycles. The Morgan fingerprint density at radius 3 is 2.39 bits per heavy atom. The fraction of sp³-hybridized carbons (Fsp3) is 0.294. The van der Waals surface area contributed by atoms with Crippen LogP contribution in [-0.2, 0) is 19.3 Å². The van der Waals surface area contributed by atoms with Gasteiger partial charge in [0.15, 0.2) is 0 Å². The maximum Gasteiger partial charge on any atom is 0.119 e. The van der Waals surface area contributed by atoms with Crippen LogP contribution in [0.4, 0.5) is 0 Å². The van der Waals surface area contributed by atoms with Gasteiger partial charge in [-0.15, -0.1) is 0 Å². The summed E-state index contributed by atoms with van der Waals surface area (Å²) in [6.07, 6.45) is 3.50. The lowest BCUT2D eigenvalue weighted by Crippen LogP contribution is -2.09. The van der Waals surface area contributed by atoms with E-state index in [1.165, 1.54) is 35.1 Å². The molecule has 0 aliphatic heterocycles. The molecular weight excluding hydrogens is 220 g/mol. The van der Waals surface area contributed by atoms with Crippen LogP contribution in [0, 0.1) is 6.92 Å². The quantitative estimate of drug-likeness (QED) is 0.789. The molecule has 3 rings (SSSR count). The van der Waals surface area contributed by atoms with Crippen LogP contribution in [0.5, 0.6) is 5.75 Å². The first kappa shape index (κ1) is 11.3. The summed E-state index contributed by atoms with van der Waals surface area (Å²) in [6.45, 7) is 2.84. The largest absolute Gasteiger partial charge is 0.493 e. The average molecular weight is 238 g/mol. The molecule has 0 saturated carbocycles. The summed E-state index contributed by atoms with van der Waals surface area (Å²) in [5.41, 5.74) is 5.71. The molecule has 18 heavy (non-hydrogen) atoms. The van der Waals surface area contributed by atoms with Gasteiger partial charge in [0.1, 0.15) is 5.75 Å². The first-order valence-corrected chi connectivity index (χ1v) is 6.61. The SMILES string of the molecule is Cc1ccc(OCCc2ccc3c(c2)CC3)cc1. The first-order chi connectivity index (χ1) is 8.81. The van der Waals surface area contributed by atoms with Gasteiger partial charge in [-0.25, -0.2) is 0 Å². The maximum absolute atomic E-state index is 5.75. The smallest absolute Gasteiger partial charge is 0.119 e. The van der Waals surface area contributed by atoms with E-state index in [9.17, 15) is 0 Å². The third kappa shape index (κ3) is 2.40. The predicted molar refractivity (Wildman–Crippen MR) is 74.2 cm³/mol. The van der Waals surface area contributed by atoms with Crippen LogP contribution < -0.4 is 4.74 Å². The summed E-state index contributed by atoms with van der Waals surface area (Å²) in [5, 5.41) is 0. The third-order valence-electron chi connectivity index (χ3n) is 3.61. The molecule has 0 unspecified atom stereocenters. The Kier molecular flexibility index (Phi) is 3.06. The molecule has 0 saturated heterocycles. The van der Waals surface area contributed by atoms with E-state index in [2.05, 4.69) is 37.3 Å². The summed E-state index contributed by atoms with van der Waals surface area (Å²) >= 11 is 0. The van der Waals surface area contributed by atoms with Gasteiger partial charge in [0.25, 0.3) is 0 Å². The monoisotopic (exact) mass is 238 g/mol. The Morgan fingerprint density at radius 1 is 0.944 bits per heavy atom. The second-order valence-electron chi connectivity index (χ2n) is 5.01. The molecule has 92 valence electrons. The van der Waals surface area contributed by atoms with Gasteiger partial charge >= 0.3 is 0 Å². The van der Waals surface area contributed by atoms with Gasteiger partial charge in [-0.1, -0.05) is 35.9 Å². The molecule has 0 spiro atoms. The van der Waals surface area contributed by atoms with Crippen molar-refractivity contribution >= 4 is 0 Å². The lowest BCUT2D eigenvalue weighted by molar-refractivity contribution is 0.322. The van der Waals surface area contributed by atoms with E-state index >= 15 is 0 Å². The van der Waals surface area contributed by atoms with E-state index in [0.717, 1.165) is 18.8 Å². The summed E-state index contributed by atoms with van der Waals surface area (Å²) in [7, 11) is 0. The number of rotatable bonds is 4. The van der Waals surface area contributed by atoms with Crippen molar-refractivity contribution in [1.29, 1.82) is 0 Å². The summed E-state index contributed by atoms with van der Waals surface area (Å²) < 4.78 is 5.75. The molecule has 0 fully saturated rings. The van der Waals surface area contributed by atoms with Crippen LogP contribution in [-0.4, -0.2) is 6.61 Å². The highest BCUT2D eigenvalue weighted by Crippen LogP contribution is 2.23. The number of benzene rings is 2. The van der Waals surface area contributed by atoms with E-state index in [4.69, 9.17) is 4.74 Å². The molecule has 0 N–H and O–H groups in total. The van der Waals surface area contributed by atoms with Crippen LogP contribution >= 0.6 is 0 Å². The lowest BCUT2D eigenvalue weighted by Gasteiger charge is -2.19. The van der Waals surface area contributed by atoms with Gasteiger partial charge in [0.05, 0.1) is 6.61 Å². The zero-order valence-electron chi connectivity index (χ0n) is 10.8. The fourth-order valence-corrected chi connectivity index (χ4v) is 2.33. The normalized spacial score (nSPS) is 12.7. The average Bonchev–Trinajstić information content (AvgIpc) is 2.35. The van der Waals surface area contributed by atoms with Crippen molar-refractivity contribution in [3.63, 3.8) is 0 Å². The Hall–Kier alpha value is -1.76. The number of fused-ring (bicyclic) bond motifs is 1. The van der Waals surface area contributed by atoms with Crippen LogP contribution in [0.2, 0.25) is 0 Å². The van der Waals surface area contributed by atoms with Crippen molar-refractivity contribution in [2.45, 2.75) is 26.2 Å². The molecule has 1 aliphatic rings. The van der Waals surface area contributed by atoms with Crippen molar-refractivity contribution in [3.05, 3.63) is 64.7 Å². The van der Waals surface area contributed by atoms with Gasteiger partial charge in [-0.3, -0.25) is 0 Å². The molecular formula is C17H18O. The van der Waals surface area contributed by atoms with Gasteiger partial charge in [0.2, 0.25) is 0 Å². The molecule has 2 aromatic rings. The molecule has 1 heteroatoms. The van der Waals surface area contributed by atoms with Crippen LogP contribution in [0.3, 0.4) is 0 Å². The number of aryl methyl sites for hydroxylation is 3. The lowest BCUT2D eigenvalue weighted by atomic mass is 9.87. The van der Waals surface area contributed by atoms with E-state index in [1.54, 1.807) is 0 Å². The minimum Gasteiger partial charge on any atom is -0.493 e. The van der Waals surface area contributed by atoms with Crippen molar-refractivity contribution in [2.75, 3.05) is 6.61 Å². The zero-order valence-corrected chi connectivity index (χ0v) is 10.8. The summed E-state index contributed by atoms with van der Waals surface area (Å²) in [6, 6.07) is 15.1. The molecule has 1 nitrogen and oxygen atoms in total. The molecule has 0 bridgehead atoms. The molecule has 0 aromatic heterocycles. The van der Waals surface area contributed by atoms with E-state index in [-0.39, 0.29) is 0 Å². The van der Waals surface area contributed by atoms with Crippen LogP contribution in [0.1, 0.15) is 22.3 Å². The molecule has 0 radical (unpaired) electrons. The minimum absolute atomic E-state index is 0.752. The first-order valence-electron chi connectivity index (χ1n) is 6.61. The molecule has 0 atom stereocenters. The van der Waals surface area contributed by atoms with E-state index < -0.39 is 0 Å². The Labute approximate surface area is 108 Å². The van der Waals surface area contributed by atoms with Crippen molar-refractivity contribution in [2.24, 2.45) is 0 Å². The van der Waals surface area contributed by atoms with Gasteiger partial charge < -0.3 is 4.74 Å². The van der Waals surface area contributed by atoms with Crippen LogP contribution in [0.15, 0.2) is 42.5 Å². The third-order valence-corrected chi connectivity index (χ3v) is 3.61. The maximum atomic E-state index is 5.75.